The zero-order chi connectivity index (χ0) is 18.2. The van der Waals surface area contributed by atoms with Gasteiger partial charge in [0.2, 0.25) is 0 Å². The highest BCUT2D eigenvalue weighted by Crippen LogP contribution is 2.40. The third-order valence-electron chi connectivity index (χ3n) is 3.55. The Hall–Kier alpha value is -2.06. The number of hydrogen-bond acceptors (Lipinski definition) is 4. The molecule has 1 aromatic carbocycles. The molecule has 25 heavy (non-hydrogen) atoms. The van der Waals surface area contributed by atoms with Crippen molar-refractivity contribution in [1.29, 1.82) is 0 Å². The van der Waals surface area contributed by atoms with Crippen LogP contribution in [0.4, 0.5) is 19.0 Å². The Kier molecular flexibility index (Phi) is 4.75. The molecular weight excluding hydrogens is 378 g/mol. The molecule has 0 bridgehead atoms. The van der Waals surface area contributed by atoms with E-state index in [1.165, 1.54) is 10.8 Å². The summed E-state index contributed by atoms with van der Waals surface area (Å²) < 4.78 is 40.4. The molecule has 0 amide bonds. The van der Waals surface area contributed by atoms with E-state index < -0.39 is 12.7 Å². The van der Waals surface area contributed by atoms with Crippen LogP contribution in [0.15, 0.2) is 30.6 Å². The molecule has 0 aliphatic heterocycles. The van der Waals surface area contributed by atoms with E-state index in [1.54, 1.807) is 31.2 Å². The second-order valence-electron chi connectivity index (χ2n) is 5.18. The average Bonchev–Trinajstić information content (AvgIpc) is 2.99. The lowest BCUT2D eigenvalue weighted by Crippen LogP contribution is -2.36. The predicted octanol–water partition coefficient (Wildman–Crippen LogP) is 4.49. The molecule has 10 heteroatoms. The Morgan fingerprint density at radius 2 is 1.92 bits per heavy atom. The molecule has 2 heterocycles. The molecule has 3 aromatic rings. The summed E-state index contributed by atoms with van der Waals surface area (Å²) in [5.41, 5.74) is 0.742. The summed E-state index contributed by atoms with van der Waals surface area (Å²) in [6.07, 6.45) is -3.20. The molecule has 132 valence electrons. The first kappa shape index (κ1) is 17.8. The summed E-state index contributed by atoms with van der Waals surface area (Å²) >= 11 is 12.5. The first-order valence-electron chi connectivity index (χ1n) is 7.27. The van der Waals surface area contributed by atoms with Gasteiger partial charge in [-0.2, -0.15) is 32.8 Å². The summed E-state index contributed by atoms with van der Waals surface area (Å²) in [6.45, 7) is 0.516. The zero-order valence-corrected chi connectivity index (χ0v) is 14.4. The van der Waals surface area contributed by atoms with E-state index in [-0.39, 0.29) is 28.9 Å². The van der Waals surface area contributed by atoms with E-state index in [9.17, 15) is 13.2 Å². The van der Waals surface area contributed by atoms with E-state index in [0.29, 0.717) is 10.6 Å². The molecule has 0 atom stereocenters. The maximum Gasteiger partial charge on any atom is 0.405 e. The number of aromatic nitrogens is 4. The van der Waals surface area contributed by atoms with Gasteiger partial charge in [-0.3, -0.25) is 0 Å². The molecule has 0 radical (unpaired) electrons. The number of fused-ring (bicyclic) bond motifs is 1. The third kappa shape index (κ3) is 3.50. The van der Waals surface area contributed by atoms with E-state index in [4.69, 9.17) is 23.2 Å². The van der Waals surface area contributed by atoms with Crippen LogP contribution in [-0.4, -0.2) is 38.8 Å². The maximum atomic E-state index is 13.1. The van der Waals surface area contributed by atoms with Gasteiger partial charge in [0.05, 0.1) is 5.56 Å². The van der Waals surface area contributed by atoms with Crippen LogP contribution in [0.5, 0.6) is 0 Å². The van der Waals surface area contributed by atoms with Gasteiger partial charge in [0, 0.05) is 17.1 Å². The minimum Gasteiger partial charge on any atom is -0.347 e. The molecule has 0 spiro atoms. The molecular formula is C15H12Cl2F3N5. The number of alkyl halides is 3. The van der Waals surface area contributed by atoms with Crippen LogP contribution in [0.3, 0.4) is 0 Å². The highest BCUT2D eigenvalue weighted by Gasteiger charge is 2.33. The summed E-state index contributed by atoms with van der Waals surface area (Å²) in [4.78, 5) is 9.16. The van der Waals surface area contributed by atoms with Crippen molar-refractivity contribution in [2.24, 2.45) is 0 Å². The van der Waals surface area contributed by atoms with Gasteiger partial charge in [0.15, 0.2) is 0 Å². The lowest BCUT2D eigenvalue weighted by molar-refractivity contribution is -0.119. The van der Waals surface area contributed by atoms with Gasteiger partial charge < -0.3 is 4.90 Å². The SMILES string of the molecule is CCN(CC(F)(F)F)c1c(-c2ccccc2Cl)c(Cl)nc2ncnn12. The van der Waals surface area contributed by atoms with Crippen LogP contribution in [0.25, 0.3) is 16.9 Å². The fourth-order valence-corrected chi connectivity index (χ4v) is 3.04. The second-order valence-corrected chi connectivity index (χ2v) is 5.95. The van der Waals surface area contributed by atoms with Crippen molar-refractivity contribution in [3.05, 3.63) is 40.8 Å². The second kappa shape index (κ2) is 6.68. The molecule has 5 nitrogen and oxygen atoms in total. The molecule has 3 rings (SSSR count). The van der Waals surface area contributed by atoms with Crippen molar-refractivity contribution in [2.45, 2.75) is 13.1 Å². The van der Waals surface area contributed by atoms with Gasteiger partial charge in [-0.15, -0.1) is 0 Å². The fraction of sp³-hybridized carbons (Fsp3) is 0.267. The molecule has 0 fully saturated rings. The van der Waals surface area contributed by atoms with Crippen LogP contribution in [0.1, 0.15) is 6.92 Å². The number of anilines is 1. The van der Waals surface area contributed by atoms with E-state index >= 15 is 0 Å². The van der Waals surface area contributed by atoms with Crippen molar-refractivity contribution >= 4 is 34.8 Å². The van der Waals surface area contributed by atoms with Crippen LogP contribution in [-0.2, 0) is 0 Å². The van der Waals surface area contributed by atoms with Crippen LogP contribution >= 0.6 is 23.2 Å². The van der Waals surface area contributed by atoms with Gasteiger partial charge in [-0.1, -0.05) is 41.4 Å². The van der Waals surface area contributed by atoms with E-state index in [2.05, 4.69) is 15.1 Å². The zero-order valence-electron chi connectivity index (χ0n) is 12.9. The Morgan fingerprint density at radius 1 is 1.20 bits per heavy atom. The lowest BCUT2D eigenvalue weighted by Gasteiger charge is -2.27. The Morgan fingerprint density at radius 3 is 2.56 bits per heavy atom. The van der Waals surface area contributed by atoms with Crippen molar-refractivity contribution in [2.75, 3.05) is 18.0 Å². The first-order chi connectivity index (χ1) is 11.8. The lowest BCUT2D eigenvalue weighted by atomic mass is 10.1. The number of benzene rings is 1. The molecule has 0 saturated carbocycles. The molecule has 2 aromatic heterocycles. The normalized spacial score (nSPS) is 11.9. The van der Waals surface area contributed by atoms with Crippen molar-refractivity contribution in [3.63, 3.8) is 0 Å². The monoisotopic (exact) mass is 389 g/mol. The number of rotatable bonds is 4. The minimum atomic E-state index is -4.41. The highest BCUT2D eigenvalue weighted by molar-refractivity contribution is 6.36. The maximum absolute atomic E-state index is 13.1. The summed E-state index contributed by atoms with van der Waals surface area (Å²) in [6, 6.07) is 6.72. The van der Waals surface area contributed by atoms with Crippen LogP contribution in [0, 0.1) is 0 Å². The van der Waals surface area contributed by atoms with Crippen LogP contribution < -0.4 is 4.90 Å². The Labute approximate surface area is 151 Å². The number of nitrogens with zero attached hydrogens (tertiary/aromatic N) is 5. The molecule has 0 aliphatic carbocycles. The predicted molar refractivity (Wildman–Crippen MR) is 90.2 cm³/mol. The molecule has 0 saturated heterocycles. The van der Waals surface area contributed by atoms with Gasteiger partial charge in [0.1, 0.15) is 23.8 Å². The Balaban J connectivity index is 2.33. The van der Waals surface area contributed by atoms with Crippen molar-refractivity contribution in [3.8, 4) is 11.1 Å². The fourth-order valence-electron chi connectivity index (χ4n) is 2.54. The topological polar surface area (TPSA) is 46.3 Å². The number of halogens is 5. The summed E-state index contributed by atoms with van der Waals surface area (Å²) in [5.74, 6) is 0.247. The first-order valence-corrected chi connectivity index (χ1v) is 8.03. The number of hydrogen-bond donors (Lipinski definition) is 0. The van der Waals surface area contributed by atoms with Crippen LogP contribution in [0.2, 0.25) is 10.2 Å². The largest absolute Gasteiger partial charge is 0.405 e. The third-order valence-corrected chi connectivity index (χ3v) is 4.16. The summed E-state index contributed by atoms with van der Waals surface area (Å²) in [7, 11) is 0. The average molecular weight is 390 g/mol. The van der Waals surface area contributed by atoms with Crippen molar-refractivity contribution in [1.82, 2.24) is 19.6 Å². The Bertz CT molecular complexity index is 910. The van der Waals surface area contributed by atoms with E-state index in [1.807, 2.05) is 0 Å². The van der Waals surface area contributed by atoms with Gasteiger partial charge in [-0.25, -0.2) is 0 Å². The molecule has 0 unspecified atom stereocenters. The minimum absolute atomic E-state index is 0.00391. The van der Waals surface area contributed by atoms with Gasteiger partial charge in [-0.05, 0) is 13.0 Å². The summed E-state index contributed by atoms with van der Waals surface area (Å²) in [5, 5.41) is 4.35. The standard InChI is InChI=1S/C15H12Cl2F3N5/c1-2-24(7-15(18,19)20)13-11(9-5-3-4-6-10(9)16)12(17)23-14-21-8-22-25(13)14/h3-6,8H,2,7H2,1H3. The molecule has 0 aliphatic rings. The van der Waals surface area contributed by atoms with Crippen molar-refractivity contribution < 1.29 is 13.2 Å². The van der Waals surface area contributed by atoms with Gasteiger partial charge in [0.25, 0.3) is 5.78 Å². The molecule has 0 N–H and O–H groups in total. The van der Waals surface area contributed by atoms with E-state index in [0.717, 1.165) is 4.90 Å². The quantitative estimate of drug-likeness (QED) is 0.616. The highest BCUT2D eigenvalue weighted by atomic mass is 35.5. The smallest absolute Gasteiger partial charge is 0.347 e. The van der Waals surface area contributed by atoms with Gasteiger partial charge >= 0.3 is 6.18 Å².